The summed E-state index contributed by atoms with van der Waals surface area (Å²) in [6.45, 7) is 2.92. The van der Waals surface area contributed by atoms with E-state index in [1.165, 1.54) is 6.07 Å². The van der Waals surface area contributed by atoms with Gasteiger partial charge in [-0.3, -0.25) is 0 Å². The van der Waals surface area contributed by atoms with Gasteiger partial charge in [-0.1, -0.05) is 34.1 Å². The number of methoxy groups -OCH3 is 1. The monoisotopic (exact) mass is 397 g/mol. The van der Waals surface area contributed by atoms with E-state index in [1.54, 1.807) is 38.3 Å². The Morgan fingerprint density at radius 2 is 1.96 bits per heavy atom. The molecule has 0 aromatic heterocycles. The zero-order chi connectivity index (χ0) is 17.5. The van der Waals surface area contributed by atoms with E-state index in [0.29, 0.717) is 30.2 Å². The summed E-state index contributed by atoms with van der Waals surface area (Å²) in [4.78, 5) is 0. The molecule has 24 heavy (non-hydrogen) atoms. The average Bonchev–Trinajstić information content (AvgIpc) is 2.55. The number of aliphatic hydroxyl groups is 1. The largest absolute Gasteiger partial charge is 0.493 e. The van der Waals surface area contributed by atoms with E-state index in [0.717, 1.165) is 10.0 Å². The van der Waals surface area contributed by atoms with Gasteiger partial charge in [0.25, 0.3) is 0 Å². The number of nitrogens with one attached hydrogen (secondary N) is 1. The SMILES string of the molecule is COc1cc(CNCC(C)O)c(Br)cc1OCc1ccccc1F. The predicted octanol–water partition coefficient (Wildman–Crippen LogP) is 3.65. The van der Waals surface area contributed by atoms with Gasteiger partial charge < -0.3 is 19.9 Å². The van der Waals surface area contributed by atoms with E-state index in [9.17, 15) is 9.50 Å². The van der Waals surface area contributed by atoms with Gasteiger partial charge in [-0.05, 0) is 30.7 Å². The van der Waals surface area contributed by atoms with Gasteiger partial charge in [0, 0.05) is 23.1 Å². The zero-order valence-electron chi connectivity index (χ0n) is 13.7. The van der Waals surface area contributed by atoms with E-state index in [1.807, 2.05) is 6.07 Å². The van der Waals surface area contributed by atoms with Crippen LogP contribution >= 0.6 is 15.9 Å². The molecule has 130 valence electrons. The highest BCUT2D eigenvalue weighted by atomic mass is 79.9. The maximum Gasteiger partial charge on any atom is 0.162 e. The predicted molar refractivity (Wildman–Crippen MR) is 94.8 cm³/mol. The minimum Gasteiger partial charge on any atom is -0.493 e. The third-order valence-corrected chi connectivity index (χ3v) is 4.17. The number of aliphatic hydroxyl groups excluding tert-OH is 1. The van der Waals surface area contributed by atoms with Crippen LogP contribution in [0.15, 0.2) is 40.9 Å². The van der Waals surface area contributed by atoms with Crippen molar-refractivity contribution in [2.75, 3.05) is 13.7 Å². The van der Waals surface area contributed by atoms with Crippen LogP contribution in [0.1, 0.15) is 18.1 Å². The Kier molecular flexibility index (Phi) is 7.02. The molecule has 2 aromatic rings. The van der Waals surface area contributed by atoms with Crippen LogP contribution in [-0.4, -0.2) is 24.9 Å². The summed E-state index contributed by atoms with van der Waals surface area (Å²) < 4.78 is 25.6. The van der Waals surface area contributed by atoms with Crippen molar-refractivity contribution in [2.24, 2.45) is 0 Å². The molecule has 0 bridgehead atoms. The molecule has 1 unspecified atom stereocenters. The normalized spacial score (nSPS) is 12.0. The Morgan fingerprint density at radius 3 is 2.62 bits per heavy atom. The Hall–Kier alpha value is -1.63. The highest BCUT2D eigenvalue weighted by Crippen LogP contribution is 2.34. The van der Waals surface area contributed by atoms with Crippen molar-refractivity contribution in [1.29, 1.82) is 0 Å². The first-order valence-corrected chi connectivity index (χ1v) is 8.42. The van der Waals surface area contributed by atoms with Crippen molar-refractivity contribution in [1.82, 2.24) is 5.32 Å². The van der Waals surface area contributed by atoms with Gasteiger partial charge in [-0.2, -0.15) is 0 Å². The lowest BCUT2D eigenvalue weighted by molar-refractivity contribution is 0.191. The van der Waals surface area contributed by atoms with Crippen LogP contribution in [0.3, 0.4) is 0 Å². The quantitative estimate of drug-likeness (QED) is 0.713. The second kappa shape index (κ2) is 9.01. The van der Waals surface area contributed by atoms with Crippen LogP contribution in [0.2, 0.25) is 0 Å². The summed E-state index contributed by atoms with van der Waals surface area (Å²) in [6, 6.07) is 10.2. The Morgan fingerprint density at radius 1 is 1.21 bits per heavy atom. The molecule has 0 saturated heterocycles. The molecule has 0 aliphatic heterocycles. The molecule has 0 saturated carbocycles. The number of hydrogen-bond acceptors (Lipinski definition) is 4. The molecule has 0 spiro atoms. The molecule has 0 amide bonds. The summed E-state index contributed by atoms with van der Waals surface area (Å²) in [5, 5.41) is 12.4. The maximum absolute atomic E-state index is 13.7. The molecular weight excluding hydrogens is 377 g/mol. The van der Waals surface area contributed by atoms with Crippen molar-refractivity contribution in [3.63, 3.8) is 0 Å². The van der Waals surface area contributed by atoms with Crippen LogP contribution in [0.5, 0.6) is 11.5 Å². The fourth-order valence-electron chi connectivity index (χ4n) is 2.17. The standard InChI is InChI=1S/C18H21BrFNO3/c1-12(22)9-21-10-14-7-17(23-2)18(8-15(14)19)24-11-13-5-3-4-6-16(13)20/h3-8,12,21-22H,9-11H2,1-2H3. The van der Waals surface area contributed by atoms with Crippen molar-refractivity contribution in [3.8, 4) is 11.5 Å². The molecule has 0 heterocycles. The fourth-order valence-corrected chi connectivity index (χ4v) is 2.63. The summed E-state index contributed by atoms with van der Waals surface area (Å²) in [7, 11) is 1.56. The van der Waals surface area contributed by atoms with Crippen molar-refractivity contribution < 1.29 is 19.0 Å². The van der Waals surface area contributed by atoms with Crippen molar-refractivity contribution in [2.45, 2.75) is 26.2 Å². The van der Waals surface area contributed by atoms with Crippen LogP contribution in [0, 0.1) is 5.82 Å². The third kappa shape index (κ3) is 5.19. The number of rotatable bonds is 8. The number of ether oxygens (including phenoxy) is 2. The van der Waals surface area contributed by atoms with Crippen molar-refractivity contribution in [3.05, 3.63) is 57.8 Å². The van der Waals surface area contributed by atoms with Gasteiger partial charge in [0.2, 0.25) is 0 Å². The van der Waals surface area contributed by atoms with Crippen LogP contribution in [0.25, 0.3) is 0 Å². The number of halogens is 2. The molecule has 2 aromatic carbocycles. The molecule has 0 aliphatic carbocycles. The topological polar surface area (TPSA) is 50.7 Å². The molecule has 1 atom stereocenters. The first-order chi connectivity index (χ1) is 11.5. The highest BCUT2D eigenvalue weighted by Gasteiger charge is 2.12. The van der Waals surface area contributed by atoms with E-state index >= 15 is 0 Å². The van der Waals surface area contributed by atoms with Gasteiger partial charge in [0.1, 0.15) is 12.4 Å². The second-order valence-corrected chi connectivity index (χ2v) is 6.31. The summed E-state index contributed by atoms with van der Waals surface area (Å²) in [6.07, 6.45) is -0.408. The van der Waals surface area contributed by atoms with Gasteiger partial charge >= 0.3 is 0 Å². The second-order valence-electron chi connectivity index (χ2n) is 5.45. The first-order valence-electron chi connectivity index (χ1n) is 7.62. The number of hydrogen-bond donors (Lipinski definition) is 2. The lowest BCUT2D eigenvalue weighted by Crippen LogP contribution is -2.24. The van der Waals surface area contributed by atoms with E-state index in [4.69, 9.17) is 9.47 Å². The van der Waals surface area contributed by atoms with E-state index in [2.05, 4.69) is 21.2 Å². The lowest BCUT2D eigenvalue weighted by atomic mass is 10.2. The molecule has 6 heteroatoms. The highest BCUT2D eigenvalue weighted by molar-refractivity contribution is 9.10. The molecule has 4 nitrogen and oxygen atoms in total. The third-order valence-electron chi connectivity index (χ3n) is 3.43. The molecule has 2 N–H and O–H groups in total. The molecular formula is C18H21BrFNO3. The van der Waals surface area contributed by atoms with Gasteiger partial charge in [0.05, 0.1) is 13.2 Å². The van der Waals surface area contributed by atoms with E-state index in [-0.39, 0.29) is 12.4 Å². The summed E-state index contributed by atoms with van der Waals surface area (Å²) in [5.74, 6) is 0.810. The summed E-state index contributed by atoms with van der Waals surface area (Å²) >= 11 is 3.51. The lowest BCUT2D eigenvalue weighted by Gasteiger charge is -2.15. The minimum atomic E-state index is -0.408. The van der Waals surface area contributed by atoms with Crippen LogP contribution < -0.4 is 14.8 Å². The van der Waals surface area contributed by atoms with E-state index < -0.39 is 6.10 Å². The Balaban J connectivity index is 2.10. The molecule has 2 rings (SSSR count). The molecule has 0 aliphatic rings. The average molecular weight is 398 g/mol. The maximum atomic E-state index is 13.7. The molecule has 0 radical (unpaired) electrons. The zero-order valence-corrected chi connectivity index (χ0v) is 15.3. The van der Waals surface area contributed by atoms with Crippen LogP contribution in [0.4, 0.5) is 4.39 Å². The van der Waals surface area contributed by atoms with Crippen molar-refractivity contribution >= 4 is 15.9 Å². The van der Waals surface area contributed by atoms with Gasteiger partial charge in [-0.25, -0.2) is 4.39 Å². The smallest absolute Gasteiger partial charge is 0.162 e. The summed E-state index contributed by atoms with van der Waals surface area (Å²) in [5.41, 5.74) is 1.46. The van der Waals surface area contributed by atoms with Gasteiger partial charge in [-0.15, -0.1) is 0 Å². The first kappa shape index (κ1) is 18.7. The van der Waals surface area contributed by atoms with Crippen LogP contribution in [-0.2, 0) is 13.2 Å². The molecule has 0 fully saturated rings. The fraction of sp³-hybridized carbons (Fsp3) is 0.333. The Bertz CT molecular complexity index is 679. The van der Waals surface area contributed by atoms with Gasteiger partial charge in [0.15, 0.2) is 11.5 Å². The number of benzene rings is 2. The Labute approximate surface area is 149 Å². The minimum absolute atomic E-state index is 0.120.